The lowest BCUT2D eigenvalue weighted by Gasteiger charge is -1.80. The van der Waals surface area contributed by atoms with Gasteiger partial charge in [-0.1, -0.05) is 50.6 Å². The first-order chi connectivity index (χ1) is 4.13. The molecule has 9 heavy (non-hydrogen) atoms. The molecule has 0 aliphatic carbocycles. The van der Waals surface area contributed by atoms with Crippen molar-refractivity contribution in [3.63, 3.8) is 0 Å². The molecule has 0 spiro atoms. The SMILES string of the molecule is C=C(Br)/C=C\C=C(/C)Br. The third-order valence-electron chi connectivity index (χ3n) is 0.603. The number of hydrogen-bond acceptors (Lipinski definition) is 0. The zero-order chi connectivity index (χ0) is 7.28. The number of allylic oxidation sites excluding steroid dienone is 5. The van der Waals surface area contributed by atoms with E-state index >= 15 is 0 Å². The average Bonchev–Trinajstić information content (AvgIpc) is 1.63. The van der Waals surface area contributed by atoms with Gasteiger partial charge in [0.1, 0.15) is 0 Å². The highest BCUT2D eigenvalue weighted by molar-refractivity contribution is 9.12. The Labute approximate surface area is 72.6 Å². The second-order valence-corrected chi connectivity index (χ2v) is 3.83. The lowest BCUT2D eigenvalue weighted by atomic mass is 10.4. The molecule has 0 fully saturated rings. The van der Waals surface area contributed by atoms with Gasteiger partial charge in [0, 0.05) is 4.48 Å². The first kappa shape index (κ1) is 9.18. The van der Waals surface area contributed by atoms with Crippen LogP contribution in [-0.2, 0) is 0 Å². The summed E-state index contributed by atoms with van der Waals surface area (Å²) in [6.07, 6.45) is 5.75. The van der Waals surface area contributed by atoms with Crippen LogP contribution in [0.4, 0.5) is 0 Å². The summed E-state index contributed by atoms with van der Waals surface area (Å²) < 4.78 is 1.99. The zero-order valence-corrected chi connectivity index (χ0v) is 8.37. The third kappa shape index (κ3) is 8.18. The number of hydrogen-bond donors (Lipinski definition) is 0. The summed E-state index contributed by atoms with van der Waals surface area (Å²) in [7, 11) is 0. The molecule has 0 aliphatic heterocycles. The highest BCUT2D eigenvalue weighted by Gasteiger charge is 1.74. The van der Waals surface area contributed by atoms with Gasteiger partial charge < -0.3 is 0 Å². The fourth-order valence-corrected chi connectivity index (χ4v) is 0.590. The molecule has 0 unspecified atom stereocenters. The molecule has 0 amide bonds. The fourth-order valence-electron chi connectivity index (χ4n) is 0.285. The average molecular weight is 252 g/mol. The number of rotatable bonds is 2. The smallest absolute Gasteiger partial charge is 0.0103 e. The summed E-state index contributed by atoms with van der Waals surface area (Å²) in [5, 5.41) is 0. The summed E-state index contributed by atoms with van der Waals surface area (Å²) >= 11 is 6.49. The van der Waals surface area contributed by atoms with E-state index < -0.39 is 0 Å². The Morgan fingerprint density at radius 1 is 1.44 bits per heavy atom. The van der Waals surface area contributed by atoms with Crippen LogP contribution < -0.4 is 0 Å². The van der Waals surface area contributed by atoms with Crippen LogP contribution in [0.5, 0.6) is 0 Å². The van der Waals surface area contributed by atoms with Gasteiger partial charge >= 0.3 is 0 Å². The first-order valence-electron chi connectivity index (χ1n) is 2.48. The van der Waals surface area contributed by atoms with E-state index in [2.05, 4.69) is 38.4 Å². The van der Waals surface area contributed by atoms with E-state index in [4.69, 9.17) is 0 Å². The van der Waals surface area contributed by atoms with Crippen molar-refractivity contribution in [2.45, 2.75) is 6.92 Å². The van der Waals surface area contributed by atoms with E-state index in [1.165, 1.54) is 0 Å². The lowest BCUT2D eigenvalue weighted by molar-refractivity contribution is 1.69. The van der Waals surface area contributed by atoms with E-state index in [9.17, 15) is 0 Å². The van der Waals surface area contributed by atoms with Crippen molar-refractivity contribution in [1.82, 2.24) is 0 Å². The Hall–Kier alpha value is 0.180. The van der Waals surface area contributed by atoms with Gasteiger partial charge in [-0.15, -0.1) is 0 Å². The van der Waals surface area contributed by atoms with Gasteiger partial charge in [-0.3, -0.25) is 0 Å². The number of halogens is 2. The maximum Gasteiger partial charge on any atom is 0.0103 e. The molecular weight excluding hydrogens is 244 g/mol. The van der Waals surface area contributed by atoms with Crippen LogP contribution in [0.2, 0.25) is 0 Å². The van der Waals surface area contributed by atoms with E-state index in [1.807, 2.05) is 25.2 Å². The van der Waals surface area contributed by atoms with Gasteiger partial charge in [0.2, 0.25) is 0 Å². The molecule has 0 aliphatic rings. The molecule has 0 N–H and O–H groups in total. The molecule has 0 radical (unpaired) electrons. The van der Waals surface area contributed by atoms with Crippen molar-refractivity contribution in [3.8, 4) is 0 Å². The van der Waals surface area contributed by atoms with Crippen LogP contribution in [0.15, 0.2) is 33.8 Å². The molecule has 2 heteroatoms. The molecule has 0 aromatic carbocycles. The standard InChI is InChI=1S/C7H8Br2/c1-6(8)4-3-5-7(2)9/h3-5H,1H2,2H3/b4-3-,7-5+. The Bertz CT molecular complexity index is 150. The van der Waals surface area contributed by atoms with Crippen LogP contribution in [0.1, 0.15) is 6.92 Å². The third-order valence-corrected chi connectivity index (χ3v) is 1.13. The van der Waals surface area contributed by atoms with Crippen molar-refractivity contribution < 1.29 is 0 Å². The van der Waals surface area contributed by atoms with Crippen LogP contribution in [0.25, 0.3) is 0 Å². The Kier molecular flexibility index (Phi) is 5.10. The van der Waals surface area contributed by atoms with Gasteiger partial charge in [0.15, 0.2) is 0 Å². The van der Waals surface area contributed by atoms with Gasteiger partial charge in [0.25, 0.3) is 0 Å². The van der Waals surface area contributed by atoms with Gasteiger partial charge in [0.05, 0.1) is 0 Å². The van der Waals surface area contributed by atoms with Crippen LogP contribution in [0.3, 0.4) is 0 Å². The molecule has 0 heterocycles. The van der Waals surface area contributed by atoms with Gasteiger partial charge in [-0.2, -0.15) is 0 Å². The summed E-state index contributed by atoms with van der Waals surface area (Å²) in [5.74, 6) is 0. The van der Waals surface area contributed by atoms with Gasteiger partial charge in [-0.25, -0.2) is 0 Å². The highest BCUT2D eigenvalue weighted by Crippen LogP contribution is 2.05. The van der Waals surface area contributed by atoms with Crippen LogP contribution >= 0.6 is 31.9 Å². The molecule has 0 saturated heterocycles. The zero-order valence-electron chi connectivity index (χ0n) is 5.20. The minimum Gasteiger partial charge on any atom is -0.0847 e. The molecular formula is C7H8Br2. The molecule has 0 aromatic heterocycles. The quantitative estimate of drug-likeness (QED) is 0.656. The normalized spacial score (nSPS) is 12.6. The minimum atomic E-state index is 0.882. The first-order valence-corrected chi connectivity index (χ1v) is 4.06. The molecule has 0 bridgehead atoms. The summed E-state index contributed by atoms with van der Waals surface area (Å²) in [6, 6.07) is 0. The summed E-state index contributed by atoms with van der Waals surface area (Å²) in [6.45, 7) is 5.61. The molecule has 0 nitrogen and oxygen atoms in total. The molecule has 0 saturated carbocycles. The molecule has 0 atom stereocenters. The van der Waals surface area contributed by atoms with Crippen molar-refractivity contribution >= 4 is 31.9 Å². The van der Waals surface area contributed by atoms with Crippen LogP contribution in [-0.4, -0.2) is 0 Å². The second kappa shape index (κ2) is 5.00. The predicted octanol–water partition coefficient (Wildman–Crippen LogP) is 3.75. The lowest BCUT2D eigenvalue weighted by Crippen LogP contribution is -1.55. The minimum absolute atomic E-state index is 0.882. The van der Waals surface area contributed by atoms with E-state index in [0.717, 1.165) is 8.96 Å². The Morgan fingerprint density at radius 2 is 2.00 bits per heavy atom. The highest BCUT2D eigenvalue weighted by atomic mass is 79.9. The fraction of sp³-hybridized carbons (Fsp3) is 0.143. The molecule has 0 aromatic rings. The topological polar surface area (TPSA) is 0 Å². The second-order valence-electron chi connectivity index (χ2n) is 1.56. The van der Waals surface area contributed by atoms with Crippen molar-refractivity contribution in [3.05, 3.63) is 33.8 Å². The largest absolute Gasteiger partial charge is 0.0847 e. The maximum atomic E-state index is 3.64. The predicted molar refractivity (Wildman–Crippen MR) is 49.9 cm³/mol. The van der Waals surface area contributed by atoms with Crippen molar-refractivity contribution in [2.75, 3.05) is 0 Å². The van der Waals surface area contributed by atoms with E-state index in [0.29, 0.717) is 0 Å². The molecule has 50 valence electrons. The molecule has 0 rings (SSSR count). The van der Waals surface area contributed by atoms with E-state index in [1.54, 1.807) is 0 Å². The Balaban J connectivity index is 3.74. The van der Waals surface area contributed by atoms with Crippen molar-refractivity contribution in [1.29, 1.82) is 0 Å². The van der Waals surface area contributed by atoms with Crippen molar-refractivity contribution in [2.24, 2.45) is 0 Å². The summed E-state index contributed by atoms with van der Waals surface area (Å²) in [4.78, 5) is 0. The maximum absolute atomic E-state index is 3.64. The Morgan fingerprint density at radius 3 is 2.33 bits per heavy atom. The summed E-state index contributed by atoms with van der Waals surface area (Å²) in [5.41, 5.74) is 0. The van der Waals surface area contributed by atoms with Crippen LogP contribution in [0, 0.1) is 0 Å². The van der Waals surface area contributed by atoms with Gasteiger partial charge in [-0.05, 0) is 17.5 Å². The monoisotopic (exact) mass is 250 g/mol. The van der Waals surface area contributed by atoms with E-state index in [-0.39, 0.29) is 0 Å².